The molecule has 0 aliphatic heterocycles. The summed E-state index contributed by atoms with van der Waals surface area (Å²) < 4.78 is 13.1. The third-order valence-corrected chi connectivity index (χ3v) is 4.59. The molecule has 0 fully saturated rings. The molecule has 27 heavy (non-hydrogen) atoms. The second-order valence-corrected chi connectivity index (χ2v) is 6.72. The van der Waals surface area contributed by atoms with Crippen molar-refractivity contribution in [2.45, 2.75) is 46.2 Å². The van der Waals surface area contributed by atoms with E-state index in [4.69, 9.17) is 0 Å². The minimum Gasteiger partial charge on any atom is -0.354 e. The molecule has 0 bridgehead atoms. The molecule has 0 heterocycles. The van der Waals surface area contributed by atoms with Gasteiger partial charge in [-0.05, 0) is 49.1 Å². The van der Waals surface area contributed by atoms with Crippen molar-refractivity contribution in [3.8, 4) is 0 Å². The Kier molecular flexibility index (Phi) is 7.53. The van der Waals surface area contributed by atoms with Crippen LogP contribution in [0.1, 0.15) is 37.0 Å². The molecule has 144 valence electrons. The summed E-state index contributed by atoms with van der Waals surface area (Å²) in [6.07, 6.45) is 0.956. The molecule has 0 saturated heterocycles. The zero-order chi connectivity index (χ0) is 19.8. The number of hydrogen-bond acceptors (Lipinski definition) is 2. The summed E-state index contributed by atoms with van der Waals surface area (Å²) in [5, 5.41) is 2.86. The first-order chi connectivity index (χ1) is 12.9. The summed E-state index contributed by atoms with van der Waals surface area (Å²) >= 11 is 0. The standard InChI is InChI=1S/C22H27FN2O2/c1-4-13-24-22(27)17(3)25(15-19-8-6-5-7-16(19)2)21(26)14-18-9-11-20(23)12-10-18/h5-12,17H,4,13-15H2,1-3H3,(H,24,27)/t17-/m1/s1. The number of nitrogens with zero attached hydrogens (tertiary/aromatic N) is 1. The molecule has 2 rings (SSSR count). The van der Waals surface area contributed by atoms with Gasteiger partial charge in [-0.3, -0.25) is 9.59 Å². The predicted molar refractivity (Wildman–Crippen MR) is 105 cm³/mol. The molecule has 0 aliphatic carbocycles. The normalized spacial score (nSPS) is 11.7. The summed E-state index contributed by atoms with van der Waals surface area (Å²) in [4.78, 5) is 27.0. The highest BCUT2D eigenvalue weighted by atomic mass is 19.1. The van der Waals surface area contributed by atoms with Gasteiger partial charge in [0.1, 0.15) is 11.9 Å². The van der Waals surface area contributed by atoms with Gasteiger partial charge in [-0.1, -0.05) is 43.3 Å². The smallest absolute Gasteiger partial charge is 0.242 e. The Morgan fingerprint density at radius 2 is 1.78 bits per heavy atom. The van der Waals surface area contributed by atoms with E-state index in [1.165, 1.54) is 12.1 Å². The fourth-order valence-corrected chi connectivity index (χ4v) is 2.83. The Labute approximate surface area is 160 Å². The molecule has 2 aromatic carbocycles. The first-order valence-corrected chi connectivity index (χ1v) is 9.28. The predicted octanol–water partition coefficient (Wildman–Crippen LogP) is 3.62. The number of hydrogen-bond donors (Lipinski definition) is 1. The van der Waals surface area contributed by atoms with Gasteiger partial charge in [0, 0.05) is 13.1 Å². The lowest BCUT2D eigenvalue weighted by Gasteiger charge is -2.29. The first-order valence-electron chi connectivity index (χ1n) is 9.28. The van der Waals surface area contributed by atoms with Crippen molar-refractivity contribution in [2.24, 2.45) is 0 Å². The van der Waals surface area contributed by atoms with Crippen molar-refractivity contribution in [2.75, 3.05) is 6.54 Å². The quantitative estimate of drug-likeness (QED) is 0.772. The summed E-state index contributed by atoms with van der Waals surface area (Å²) in [5.74, 6) is -0.669. The molecule has 1 atom stereocenters. The number of aryl methyl sites for hydroxylation is 1. The maximum atomic E-state index is 13.1. The summed E-state index contributed by atoms with van der Waals surface area (Å²) in [7, 11) is 0. The molecule has 0 radical (unpaired) electrons. The lowest BCUT2D eigenvalue weighted by Crippen LogP contribution is -2.48. The second kappa shape index (κ2) is 9.86. The van der Waals surface area contributed by atoms with Gasteiger partial charge in [-0.25, -0.2) is 4.39 Å². The van der Waals surface area contributed by atoms with Crippen LogP contribution < -0.4 is 5.32 Å². The summed E-state index contributed by atoms with van der Waals surface area (Å²) in [6, 6.07) is 13.1. The Morgan fingerprint density at radius 1 is 1.11 bits per heavy atom. The third-order valence-electron chi connectivity index (χ3n) is 4.59. The van der Waals surface area contributed by atoms with E-state index in [-0.39, 0.29) is 24.1 Å². The number of carbonyl (C=O) groups is 2. The SMILES string of the molecule is CCCNC(=O)[C@@H](C)N(Cc1ccccc1C)C(=O)Cc1ccc(F)cc1. The second-order valence-electron chi connectivity index (χ2n) is 6.72. The van der Waals surface area contributed by atoms with Crippen LogP contribution in [0, 0.1) is 12.7 Å². The minimum atomic E-state index is -0.593. The molecule has 0 aliphatic rings. The maximum Gasteiger partial charge on any atom is 0.242 e. The van der Waals surface area contributed by atoms with Gasteiger partial charge in [0.05, 0.1) is 6.42 Å². The molecule has 0 spiro atoms. The monoisotopic (exact) mass is 370 g/mol. The average molecular weight is 370 g/mol. The Hall–Kier alpha value is -2.69. The van der Waals surface area contributed by atoms with Gasteiger partial charge in [-0.2, -0.15) is 0 Å². The number of amides is 2. The number of nitrogens with one attached hydrogen (secondary N) is 1. The number of benzene rings is 2. The fourth-order valence-electron chi connectivity index (χ4n) is 2.83. The van der Waals surface area contributed by atoms with Gasteiger partial charge < -0.3 is 10.2 Å². The van der Waals surface area contributed by atoms with Crippen LogP contribution in [0.5, 0.6) is 0 Å². The van der Waals surface area contributed by atoms with E-state index >= 15 is 0 Å². The number of rotatable bonds is 8. The molecule has 2 aromatic rings. The number of carbonyl (C=O) groups excluding carboxylic acids is 2. The zero-order valence-corrected chi connectivity index (χ0v) is 16.2. The third kappa shape index (κ3) is 5.91. The molecular weight excluding hydrogens is 343 g/mol. The Morgan fingerprint density at radius 3 is 2.41 bits per heavy atom. The van der Waals surface area contributed by atoms with Crippen LogP contribution in [0.25, 0.3) is 0 Å². The van der Waals surface area contributed by atoms with Crippen LogP contribution in [0.15, 0.2) is 48.5 Å². The lowest BCUT2D eigenvalue weighted by atomic mass is 10.1. The largest absolute Gasteiger partial charge is 0.354 e. The number of halogens is 1. The van der Waals surface area contributed by atoms with E-state index in [0.717, 1.165) is 23.1 Å². The van der Waals surface area contributed by atoms with E-state index in [0.29, 0.717) is 13.1 Å². The van der Waals surface area contributed by atoms with E-state index in [1.807, 2.05) is 38.1 Å². The van der Waals surface area contributed by atoms with E-state index in [2.05, 4.69) is 5.32 Å². The van der Waals surface area contributed by atoms with Crippen LogP contribution >= 0.6 is 0 Å². The van der Waals surface area contributed by atoms with Crippen molar-refractivity contribution < 1.29 is 14.0 Å². The van der Waals surface area contributed by atoms with Crippen molar-refractivity contribution >= 4 is 11.8 Å². The van der Waals surface area contributed by atoms with Crippen LogP contribution in [0.2, 0.25) is 0 Å². The van der Waals surface area contributed by atoms with Crippen LogP contribution in [0.4, 0.5) is 4.39 Å². The van der Waals surface area contributed by atoms with Crippen molar-refractivity contribution in [3.05, 3.63) is 71.0 Å². The highest BCUT2D eigenvalue weighted by Gasteiger charge is 2.26. The molecule has 2 amide bonds. The molecular formula is C22H27FN2O2. The molecule has 0 aromatic heterocycles. The van der Waals surface area contributed by atoms with Crippen molar-refractivity contribution in [1.29, 1.82) is 0 Å². The van der Waals surface area contributed by atoms with Gasteiger partial charge in [-0.15, -0.1) is 0 Å². The van der Waals surface area contributed by atoms with E-state index in [1.54, 1.807) is 24.0 Å². The molecule has 0 saturated carbocycles. The summed E-state index contributed by atoms with van der Waals surface area (Å²) in [5.41, 5.74) is 2.79. The first kappa shape index (κ1) is 20.6. The summed E-state index contributed by atoms with van der Waals surface area (Å²) in [6.45, 7) is 6.64. The zero-order valence-electron chi connectivity index (χ0n) is 16.2. The molecule has 4 nitrogen and oxygen atoms in total. The Bertz CT molecular complexity index is 774. The maximum absolute atomic E-state index is 13.1. The van der Waals surface area contributed by atoms with Crippen LogP contribution in [-0.4, -0.2) is 29.3 Å². The van der Waals surface area contributed by atoms with Gasteiger partial charge in [0.2, 0.25) is 11.8 Å². The highest BCUT2D eigenvalue weighted by Crippen LogP contribution is 2.15. The van der Waals surface area contributed by atoms with E-state index < -0.39 is 6.04 Å². The topological polar surface area (TPSA) is 49.4 Å². The highest BCUT2D eigenvalue weighted by molar-refractivity contribution is 5.88. The van der Waals surface area contributed by atoms with Crippen molar-refractivity contribution in [1.82, 2.24) is 10.2 Å². The molecule has 1 N–H and O–H groups in total. The van der Waals surface area contributed by atoms with Crippen LogP contribution in [-0.2, 0) is 22.6 Å². The fraction of sp³-hybridized carbons (Fsp3) is 0.364. The average Bonchev–Trinajstić information content (AvgIpc) is 2.66. The molecule has 5 heteroatoms. The van der Waals surface area contributed by atoms with Crippen molar-refractivity contribution in [3.63, 3.8) is 0 Å². The van der Waals surface area contributed by atoms with E-state index in [9.17, 15) is 14.0 Å². The van der Waals surface area contributed by atoms with Gasteiger partial charge in [0.15, 0.2) is 0 Å². The van der Waals surface area contributed by atoms with Gasteiger partial charge in [0.25, 0.3) is 0 Å². The minimum absolute atomic E-state index is 0.123. The molecule has 0 unspecified atom stereocenters. The van der Waals surface area contributed by atoms with Crippen LogP contribution in [0.3, 0.4) is 0 Å². The van der Waals surface area contributed by atoms with Gasteiger partial charge >= 0.3 is 0 Å². The Balaban J connectivity index is 2.21. The lowest BCUT2D eigenvalue weighted by molar-refractivity contribution is -0.140.